The van der Waals surface area contributed by atoms with Crippen LogP contribution >= 0.6 is 23.4 Å². The molecule has 0 aliphatic heterocycles. The van der Waals surface area contributed by atoms with Crippen LogP contribution in [0.25, 0.3) is 0 Å². The minimum absolute atomic E-state index is 0.407. The van der Waals surface area contributed by atoms with Crippen LogP contribution in [-0.2, 0) is 18.8 Å². The normalized spacial score (nSPS) is 10.8. The van der Waals surface area contributed by atoms with Crippen molar-refractivity contribution in [3.8, 4) is 0 Å². The van der Waals surface area contributed by atoms with Gasteiger partial charge in [0.05, 0.1) is 6.54 Å². The quantitative estimate of drug-likeness (QED) is 0.672. The van der Waals surface area contributed by atoms with E-state index in [0.29, 0.717) is 11.7 Å². The Kier molecular flexibility index (Phi) is 4.57. The summed E-state index contributed by atoms with van der Waals surface area (Å²) in [5, 5.41) is 9.59. The van der Waals surface area contributed by atoms with Gasteiger partial charge in [0.1, 0.15) is 11.0 Å². The molecule has 0 aliphatic rings. The van der Waals surface area contributed by atoms with Crippen LogP contribution in [-0.4, -0.2) is 19.7 Å². The maximum absolute atomic E-state index is 5.74. The van der Waals surface area contributed by atoms with E-state index in [2.05, 4.69) is 22.1 Å². The fraction of sp³-hybridized carbons (Fsp3) is 0.364. The Labute approximate surface area is 115 Å². The van der Waals surface area contributed by atoms with Gasteiger partial charge in [0.15, 0.2) is 5.16 Å². The molecule has 0 bridgehead atoms. The average molecular weight is 284 g/mol. The van der Waals surface area contributed by atoms with E-state index in [1.807, 2.05) is 10.6 Å². The van der Waals surface area contributed by atoms with Crippen molar-refractivity contribution >= 4 is 23.4 Å². The molecule has 0 atom stereocenters. The van der Waals surface area contributed by atoms with Gasteiger partial charge in [-0.2, -0.15) is 0 Å². The third-order valence-electron chi connectivity index (χ3n) is 2.45. The van der Waals surface area contributed by atoms with Crippen molar-refractivity contribution in [1.82, 2.24) is 19.7 Å². The highest BCUT2D eigenvalue weighted by molar-refractivity contribution is 7.98. The van der Waals surface area contributed by atoms with Crippen molar-refractivity contribution in [2.45, 2.75) is 30.9 Å². The maximum Gasteiger partial charge on any atom is 0.191 e. The molecule has 0 aromatic carbocycles. The van der Waals surface area contributed by atoms with Crippen molar-refractivity contribution in [2.75, 3.05) is 0 Å². The summed E-state index contributed by atoms with van der Waals surface area (Å²) in [5.41, 5.74) is 6.71. The second-order valence-electron chi connectivity index (χ2n) is 3.63. The number of aromatic nitrogens is 4. The summed E-state index contributed by atoms with van der Waals surface area (Å²) in [7, 11) is 0. The topological polar surface area (TPSA) is 69.6 Å². The van der Waals surface area contributed by atoms with Crippen LogP contribution in [0.1, 0.15) is 18.3 Å². The summed E-state index contributed by atoms with van der Waals surface area (Å²) in [6.45, 7) is 3.28. The molecule has 18 heavy (non-hydrogen) atoms. The summed E-state index contributed by atoms with van der Waals surface area (Å²) in [6.07, 6.45) is 1.77. The first-order chi connectivity index (χ1) is 8.74. The minimum atomic E-state index is 0.407. The van der Waals surface area contributed by atoms with Gasteiger partial charge in [-0.15, -0.1) is 10.2 Å². The molecule has 0 spiro atoms. The average Bonchev–Trinajstić information content (AvgIpc) is 2.80. The van der Waals surface area contributed by atoms with Crippen LogP contribution in [0, 0.1) is 0 Å². The molecule has 2 aromatic rings. The third kappa shape index (κ3) is 3.01. The van der Waals surface area contributed by atoms with E-state index >= 15 is 0 Å². The monoisotopic (exact) mass is 283 g/mol. The lowest BCUT2D eigenvalue weighted by atomic mass is 10.3. The molecule has 2 N–H and O–H groups in total. The number of halogens is 1. The molecule has 0 unspecified atom stereocenters. The van der Waals surface area contributed by atoms with Crippen molar-refractivity contribution < 1.29 is 0 Å². The second-order valence-corrected chi connectivity index (χ2v) is 4.95. The standard InChI is InChI=1S/C11H14ClN5S/c1-2-17-10(5-13)15-16-11(17)18-7-8-3-4-9(12)14-6-8/h3-4,6H,2,5,7,13H2,1H3. The van der Waals surface area contributed by atoms with E-state index in [1.165, 1.54) is 0 Å². The predicted molar refractivity (Wildman–Crippen MR) is 72.4 cm³/mol. The van der Waals surface area contributed by atoms with E-state index in [-0.39, 0.29) is 0 Å². The van der Waals surface area contributed by atoms with E-state index in [9.17, 15) is 0 Å². The molecule has 0 saturated carbocycles. The van der Waals surface area contributed by atoms with Crippen LogP contribution < -0.4 is 5.73 Å². The zero-order chi connectivity index (χ0) is 13.0. The number of nitrogens with two attached hydrogens (primary N) is 1. The van der Waals surface area contributed by atoms with Crippen LogP contribution in [0.2, 0.25) is 5.15 Å². The Morgan fingerprint density at radius 2 is 2.22 bits per heavy atom. The van der Waals surface area contributed by atoms with Gasteiger partial charge in [-0.1, -0.05) is 29.4 Å². The number of nitrogens with zero attached hydrogens (tertiary/aromatic N) is 4. The van der Waals surface area contributed by atoms with Gasteiger partial charge in [0.2, 0.25) is 0 Å². The highest BCUT2D eigenvalue weighted by atomic mass is 35.5. The molecule has 0 aliphatic carbocycles. The van der Waals surface area contributed by atoms with Crippen molar-refractivity contribution in [3.63, 3.8) is 0 Å². The smallest absolute Gasteiger partial charge is 0.191 e. The predicted octanol–water partition coefficient (Wildman–Crippen LogP) is 2.10. The highest BCUT2D eigenvalue weighted by Crippen LogP contribution is 2.21. The van der Waals surface area contributed by atoms with E-state index in [1.54, 1.807) is 24.0 Å². The van der Waals surface area contributed by atoms with Gasteiger partial charge in [0.25, 0.3) is 0 Å². The molecule has 2 rings (SSSR count). The van der Waals surface area contributed by atoms with Gasteiger partial charge in [-0.05, 0) is 18.6 Å². The lowest BCUT2D eigenvalue weighted by molar-refractivity contribution is 0.643. The molecule has 2 aromatic heterocycles. The highest BCUT2D eigenvalue weighted by Gasteiger charge is 2.09. The third-order valence-corrected chi connectivity index (χ3v) is 3.71. The Balaban J connectivity index is 2.06. The number of hydrogen-bond donors (Lipinski definition) is 1. The number of thioether (sulfide) groups is 1. The van der Waals surface area contributed by atoms with Crippen LogP contribution in [0.4, 0.5) is 0 Å². The Hall–Kier alpha value is -1.11. The molecule has 7 heteroatoms. The molecule has 2 heterocycles. The number of rotatable bonds is 5. The SMILES string of the molecule is CCn1c(CN)nnc1SCc1ccc(Cl)nc1. The van der Waals surface area contributed by atoms with Gasteiger partial charge in [-0.3, -0.25) is 0 Å². The second kappa shape index (κ2) is 6.17. The lowest BCUT2D eigenvalue weighted by Crippen LogP contribution is -2.08. The van der Waals surface area contributed by atoms with Crippen LogP contribution in [0.15, 0.2) is 23.5 Å². The van der Waals surface area contributed by atoms with Crippen molar-refractivity contribution in [2.24, 2.45) is 5.73 Å². The lowest BCUT2D eigenvalue weighted by Gasteiger charge is -2.05. The summed E-state index contributed by atoms with van der Waals surface area (Å²) in [5.74, 6) is 1.60. The maximum atomic E-state index is 5.74. The first-order valence-electron chi connectivity index (χ1n) is 5.60. The molecule has 0 fully saturated rings. The van der Waals surface area contributed by atoms with E-state index in [0.717, 1.165) is 28.8 Å². The summed E-state index contributed by atoms with van der Waals surface area (Å²) in [6, 6.07) is 3.74. The summed E-state index contributed by atoms with van der Waals surface area (Å²) < 4.78 is 2.02. The van der Waals surface area contributed by atoms with Gasteiger partial charge < -0.3 is 10.3 Å². The Morgan fingerprint density at radius 1 is 1.39 bits per heavy atom. The van der Waals surface area contributed by atoms with Crippen molar-refractivity contribution in [1.29, 1.82) is 0 Å². The fourth-order valence-electron chi connectivity index (χ4n) is 1.53. The summed E-state index contributed by atoms with van der Waals surface area (Å²) >= 11 is 7.36. The molecule has 0 amide bonds. The van der Waals surface area contributed by atoms with Gasteiger partial charge in [-0.25, -0.2) is 4.98 Å². The fourth-order valence-corrected chi connectivity index (χ4v) is 2.60. The van der Waals surface area contributed by atoms with Gasteiger partial charge >= 0.3 is 0 Å². The minimum Gasteiger partial charge on any atom is -0.324 e. The first kappa shape index (κ1) is 13.3. The Morgan fingerprint density at radius 3 is 2.83 bits per heavy atom. The van der Waals surface area contributed by atoms with Gasteiger partial charge in [0, 0.05) is 18.5 Å². The molecule has 0 saturated heterocycles. The zero-order valence-corrected chi connectivity index (χ0v) is 11.6. The largest absolute Gasteiger partial charge is 0.324 e. The molecular weight excluding hydrogens is 270 g/mol. The Bertz CT molecular complexity index is 511. The molecule has 96 valence electrons. The van der Waals surface area contributed by atoms with Crippen LogP contribution in [0.3, 0.4) is 0 Å². The van der Waals surface area contributed by atoms with E-state index < -0.39 is 0 Å². The van der Waals surface area contributed by atoms with Crippen LogP contribution in [0.5, 0.6) is 0 Å². The number of pyridine rings is 1. The first-order valence-corrected chi connectivity index (χ1v) is 6.96. The zero-order valence-electron chi connectivity index (χ0n) is 10.0. The molecule has 5 nitrogen and oxygen atoms in total. The summed E-state index contributed by atoms with van der Waals surface area (Å²) in [4.78, 5) is 4.04. The molecule has 0 radical (unpaired) electrons. The molecular formula is C11H14ClN5S. The van der Waals surface area contributed by atoms with Crippen molar-refractivity contribution in [3.05, 3.63) is 34.9 Å². The van der Waals surface area contributed by atoms with E-state index in [4.69, 9.17) is 17.3 Å². The number of hydrogen-bond acceptors (Lipinski definition) is 5.